The number of aryl methyl sites for hydroxylation is 1. The molecule has 0 amide bonds. The maximum atomic E-state index is 10.3. The van der Waals surface area contributed by atoms with Crippen LogP contribution in [0.25, 0.3) is 10.8 Å². The van der Waals surface area contributed by atoms with Gasteiger partial charge >= 0.3 is 0 Å². The molecule has 2 atom stereocenters. The molecule has 4 nitrogen and oxygen atoms in total. The standard InChI is InChI=1S/C19H22N2O2S/c1-13-8-9-18(23-13)19-21-12-16(24-19)11-20-14(2)17(22)10-15-6-4-3-5-7-15/h3-9,12,14,17,20,22H,10-11H2,1-2H3. The zero-order chi connectivity index (χ0) is 16.9. The number of thiazole rings is 1. The first kappa shape index (κ1) is 16.9. The Kier molecular flexibility index (Phi) is 5.45. The monoisotopic (exact) mass is 342 g/mol. The van der Waals surface area contributed by atoms with E-state index in [0.717, 1.165) is 27.0 Å². The highest BCUT2D eigenvalue weighted by molar-refractivity contribution is 7.14. The molecule has 0 saturated heterocycles. The van der Waals surface area contributed by atoms with Crippen LogP contribution in [0, 0.1) is 6.92 Å². The molecule has 0 saturated carbocycles. The van der Waals surface area contributed by atoms with Gasteiger partial charge in [-0.25, -0.2) is 4.98 Å². The van der Waals surface area contributed by atoms with E-state index >= 15 is 0 Å². The first-order valence-corrected chi connectivity index (χ1v) is 8.90. The van der Waals surface area contributed by atoms with Crippen molar-refractivity contribution in [3.05, 3.63) is 64.9 Å². The summed E-state index contributed by atoms with van der Waals surface area (Å²) in [5.41, 5.74) is 1.15. The average Bonchev–Trinajstić information content (AvgIpc) is 3.22. The van der Waals surface area contributed by atoms with Crippen LogP contribution in [-0.4, -0.2) is 22.2 Å². The maximum Gasteiger partial charge on any atom is 0.162 e. The second-order valence-corrected chi connectivity index (χ2v) is 7.08. The van der Waals surface area contributed by atoms with E-state index in [1.807, 2.05) is 62.5 Å². The van der Waals surface area contributed by atoms with Gasteiger partial charge in [0.05, 0.1) is 6.10 Å². The third-order valence-electron chi connectivity index (χ3n) is 3.97. The van der Waals surface area contributed by atoms with Gasteiger partial charge < -0.3 is 14.8 Å². The Morgan fingerprint density at radius 2 is 2.00 bits per heavy atom. The Morgan fingerprint density at radius 3 is 2.71 bits per heavy atom. The van der Waals surface area contributed by atoms with Crippen LogP contribution in [0.15, 0.2) is 53.1 Å². The number of hydrogen-bond acceptors (Lipinski definition) is 5. The molecule has 24 heavy (non-hydrogen) atoms. The van der Waals surface area contributed by atoms with Crippen molar-refractivity contribution in [2.24, 2.45) is 0 Å². The molecule has 126 valence electrons. The van der Waals surface area contributed by atoms with Crippen molar-refractivity contribution in [2.75, 3.05) is 0 Å². The van der Waals surface area contributed by atoms with Gasteiger partial charge in [0.2, 0.25) is 0 Å². The fourth-order valence-corrected chi connectivity index (χ4v) is 3.31. The van der Waals surface area contributed by atoms with Gasteiger partial charge in [0.25, 0.3) is 0 Å². The van der Waals surface area contributed by atoms with E-state index in [0.29, 0.717) is 13.0 Å². The summed E-state index contributed by atoms with van der Waals surface area (Å²) in [6, 6.07) is 13.9. The molecule has 0 aliphatic carbocycles. The highest BCUT2D eigenvalue weighted by atomic mass is 32.1. The molecule has 3 rings (SSSR count). The second kappa shape index (κ2) is 7.75. The van der Waals surface area contributed by atoms with Crippen molar-refractivity contribution < 1.29 is 9.52 Å². The van der Waals surface area contributed by atoms with E-state index in [2.05, 4.69) is 10.3 Å². The summed E-state index contributed by atoms with van der Waals surface area (Å²) < 4.78 is 5.60. The summed E-state index contributed by atoms with van der Waals surface area (Å²) in [7, 11) is 0. The predicted molar refractivity (Wildman–Crippen MR) is 97.0 cm³/mol. The van der Waals surface area contributed by atoms with Crippen LogP contribution >= 0.6 is 11.3 Å². The smallest absolute Gasteiger partial charge is 0.162 e. The van der Waals surface area contributed by atoms with Crippen molar-refractivity contribution >= 4 is 11.3 Å². The van der Waals surface area contributed by atoms with E-state index < -0.39 is 6.10 Å². The molecule has 0 aliphatic heterocycles. The third kappa shape index (κ3) is 4.32. The Balaban J connectivity index is 1.52. The minimum absolute atomic E-state index is 0.00149. The van der Waals surface area contributed by atoms with Gasteiger partial charge in [-0.1, -0.05) is 30.3 Å². The van der Waals surface area contributed by atoms with Crippen LogP contribution < -0.4 is 5.32 Å². The second-order valence-electron chi connectivity index (χ2n) is 5.97. The average molecular weight is 342 g/mol. The molecular formula is C19H22N2O2S. The number of aromatic nitrogens is 1. The van der Waals surface area contributed by atoms with Gasteiger partial charge in [-0.05, 0) is 38.0 Å². The molecule has 2 unspecified atom stereocenters. The van der Waals surface area contributed by atoms with Crippen LogP contribution in [0.2, 0.25) is 0 Å². The lowest BCUT2D eigenvalue weighted by Gasteiger charge is -2.20. The number of furan rings is 1. The molecule has 0 bridgehead atoms. The summed E-state index contributed by atoms with van der Waals surface area (Å²) in [6.45, 7) is 4.62. The summed E-state index contributed by atoms with van der Waals surface area (Å²) in [6.07, 6.45) is 2.09. The zero-order valence-electron chi connectivity index (χ0n) is 13.9. The molecule has 5 heteroatoms. The van der Waals surface area contributed by atoms with E-state index in [1.54, 1.807) is 11.3 Å². The lowest BCUT2D eigenvalue weighted by molar-refractivity contribution is 0.134. The lowest BCUT2D eigenvalue weighted by Crippen LogP contribution is -2.38. The molecule has 2 heterocycles. The van der Waals surface area contributed by atoms with Crippen LogP contribution in [0.3, 0.4) is 0 Å². The number of nitrogens with zero attached hydrogens (tertiary/aromatic N) is 1. The molecule has 3 aromatic rings. The summed E-state index contributed by atoms with van der Waals surface area (Å²) in [5, 5.41) is 14.6. The number of benzene rings is 1. The van der Waals surface area contributed by atoms with Crippen LogP contribution in [0.4, 0.5) is 0 Å². The molecule has 1 aromatic carbocycles. The molecule has 2 N–H and O–H groups in total. The summed E-state index contributed by atoms with van der Waals surface area (Å²) in [4.78, 5) is 5.54. The number of aliphatic hydroxyl groups is 1. The maximum absolute atomic E-state index is 10.3. The van der Waals surface area contributed by atoms with Gasteiger partial charge in [0, 0.05) is 23.7 Å². The first-order chi connectivity index (χ1) is 11.6. The van der Waals surface area contributed by atoms with Gasteiger partial charge in [0.1, 0.15) is 5.76 Å². The Labute approximate surface area is 146 Å². The van der Waals surface area contributed by atoms with Gasteiger partial charge in [-0.15, -0.1) is 11.3 Å². The minimum Gasteiger partial charge on any atom is -0.459 e. The van der Waals surface area contributed by atoms with E-state index in [-0.39, 0.29) is 6.04 Å². The van der Waals surface area contributed by atoms with Crippen molar-refractivity contribution in [1.29, 1.82) is 0 Å². The van der Waals surface area contributed by atoms with Crippen molar-refractivity contribution in [3.8, 4) is 10.8 Å². The number of nitrogens with one attached hydrogen (secondary N) is 1. The van der Waals surface area contributed by atoms with E-state index in [4.69, 9.17) is 4.42 Å². The number of aliphatic hydroxyl groups excluding tert-OH is 1. The van der Waals surface area contributed by atoms with Gasteiger partial charge in [0.15, 0.2) is 10.8 Å². The van der Waals surface area contributed by atoms with E-state index in [9.17, 15) is 5.11 Å². The largest absolute Gasteiger partial charge is 0.459 e. The Morgan fingerprint density at radius 1 is 1.21 bits per heavy atom. The molecule has 0 aliphatic rings. The Hall–Kier alpha value is -1.95. The number of rotatable bonds is 7. The quantitative estimate of drug-likeness (QED) is 0.686. The van der Waals surface area contributed by atoms with Crippen LogP contribution in [0.5, 0.6) is 0 Å². The van der Waals surface area contributed by atoms with Gasteiger partial charge in [-0.2, -0.15) is 0 Å². The zero-order valence-corrected chi connectivity index (χ0v) is 14.7. The fourth-order valence-electron chi connectivity index (χ4n) is 2.48. The van der Waals surface area contributed by atoms with Gasteiger partial charge in [-0.3, -0.25) is 0 Å². The fraction of sp³-hybridized carbons (Fsp3) is 0.316. The van der Waals surface area contributed by atoms with Crippen molar-refractivity contribution in [1.82, 2.24) is 10.3 Å². The third-order valence-corrected chi connectivity index (χ3v) is 4.98. The van der Waals surface area contributed by atoms with Crippen molar-refractivity contribution in [2.45, 2.75) is 39.0 Å². The normalized spacial score (nSPS) is 13.8. The molecule has 0 radical (unpaired) electrons. The van der Waals surface area contributed by atoms with Crippen LogP contribution in [0.1, 0.15) is 23.1 Å². The summed E-state index contributed by atoms with van der Waals surface area (Å²) in [5.74, 6) is 1.69. The van der Waals surface area contributed by atoms with Crippen LogP contribution in [-0.2, 0) is 13.0 Å². The highest BCUT2D eigenvalue weighted by Crippen LogP contribution is 2.26. The SMILES string of the molecule is Cc1ccc(-c2ncc(CNC(C)C(O)Cc3ccccc3)s2)o1. The molecule has 0 spiro atoms. The number of hydrogen-bond donors (Lipinski definition) is 2. The minimum atomic E-state index is -0.424. The first-order valence-electron chi connectivity index (χ1n) is 8.08. The molecule has 0 fully saturated rings. The summed E-state index contributed by atoms with van der Waals surface area (Å²) >= 11 is 1.61. The Bertz CT molecular complexity index is 767. The van der Waals surface area contributed by atoms with E-state index in [1.165, 1.54) is 0 Å². The topological polar surface area (TPSA) is 58.3 Å². The molecular weight excluding hydrogens is 320 g/mol. The van der Waals surface area contributed by atoms with Crippen molar-refractivity contribution in [3.63, 3.8) is 0 Å². The highest BCUT2D eigenvalue weighted by Gasteiger charge is 2.15. The predicted octanol–water partition coefficient (Wildman–Crippen LogP) is 3.79. The lowest BCUT2D eigenvalue weighted by atomic mass is 10.0. The molecule has 2 aromatic heterocycles.